The minimum absolute atomic E-state index is 0.193. The molecule has 152 valence electrons. The Kier molecular flexibility index (Phi) is 6.96. The molecule has 3 rings (SSSR count). The van der Waals surface area contributed by atoms with E-state index in [1.54, 1.807) is 7.11 Å². The third kappa shape index (κ3) is 5.04. The van der Waals surface area contributed by atoms with E-state index in [9.17, 15) is 0 Å². The Morgan fingerprint density at radius 2 is 1.86 bits per heavy atom. The summed E-state index contributed by atoms with van der Waals surface area (Å²) >= 11 is 1.81. The molecule has 1 aromatic carbocycles. The van der Waals surface area contributed by atoms with Crippen LogP contribution in [-0.4, -0.2) is 53.0 Å². The van der Waals surface area contributed by atoms with Crippen LogP contribution in [-0.2, 0) is 17.8 Å². The van der Waals surface area contributed by atoms with E-state index in [2.05, 4.69) is 32.6 Å². The minimum atomic E-state index is -0.193. The van der Waals surface area contributed by atoms with Gasteiger partial charge < -0.3 is 14.4 Å². The van der Waals surface area contributed by atoms with Gasteiger partial charge in [0.05, 0.1) is 25.0 Å². The maximum Gasteiger partial charge on any atom is 0.160 e. The Morgan fingerprint density at radius 3 is 2.50 bits per heavy atom. The van der Waals surface area contributed by atoms with Crippen molar-refractivity contribution in [3.05, 3.63) is 35.5 Å². The SMILES string of the molecule is CCN(CC)CCSc1nc(-c2ccc(OC)cc2)nc2c1COC(C)(C)C2. The second kappa shape index (κ2) is 9.25. The average Bonchev–Trinajstić information content (AvgIpc) is 2.70. The van der Waals surface area contributed by atoms with Gasteiger partial charge in [-0.2, -0.15) is 0 Å². The molecule has 0 fully saturated rings. The van der Waals surface area contributed by atoms with Gasteiger partial charge in [0, 0.05) is 29.8 Å². The van der Waals surface area contributed by atoms with Crippen LogP contribution in [0, 0.1) is 0 Å². The van der Waals surface area contributed by atoms with Gasteiger partial charge in [-0.1, -0.05) is 13.8 Å². The molecule has 2 aromatic rings. The van der Waals surface area contributed by atoms with Gasteiger partial charge in [0.1, 0.15) is 10.8 Å². The first-order chi connectivity index (χ1) is 13.5. The minimum Gasteiger partial charge on any atom is -0.497 e. The molecule has 1 aliphatic heterocycles. The molecule has 28 heavy (non-hydrogen) atoms. The van der Waals surface area contributed by atoms with Crippen LogP contribution >= 0.6 is 11.8 Å². The van der Waals surface area contributed by atoms with E-state index in [4.69, 9.17) is 19.4 Å². The molecule has 5 nitrogen and oxygen atoms in total. The zero-order valence-corrected chi connectivity index (χ0v) is 18.4. The molecule has 2 heterocycles. The van der Waals surface area contributed by atoms with E-state index >= 15 is 0 Å². The van der Waals surface area contributed by atoms with Gasteiger partial charge >= 0.3 is 0 Å². The lowest BCUT2D eigenvalue weighted by Crippen LogP contribution is -2.33. The van der Waals surface area contributed by atoms with Gasteiger partial charge in [-0.25, -0.2) is 9.97 Å². The van der Waals surface area contributed by atoms with Crippen LogP contribution in [0.1, 0.15) is 39.0 Å². The van der Waals surface area contributed by atoms with E-state index in [1.807, 2.05) is 36.0 Å². The van der Waals surface area contributed by atoms with Crippen LogP contribution in [0.3, 0.4) is 0 Å². The van der Waals surface area contributed by atoms with Gasteiger partial charge in [0.15, 0.2) is 5.82 Å². The summed E-state index contributed by atoms with van der Waals surface area (Å²) in [6.45, 7) is 12.5. The topological polar surface area (TPSA) is 47.5 Å². The van der Waals surface area contributed by atoms with Crippen molar-refractivity contribution in [1.82, 2.24) is 14.9 Å². The second-order valence-corrected chi connectivity index (χ2v) is 8.69. The first-order valence-electron chi connectivity index (χ1n) is 9.99. The molecule has 0 saturated carbocycles. The average molecular weight is 402 g/mol. The van der Waals surface area contributed by atoms with E-state index in [0.717, 1.165) is 65.2 Å². The molecule has 0 atom stereocenters. The third-order valence-corrected chi connectivity index (χ3v) is 6.14. The fraction of sp³-hybridized carbons (Fsp3) is 0.545. The summed E-state index contributed by atoms with van der Waals surface area (Å²) < 4.78 is 11.3. The number of rotatable bonds is 8. The van der Waals surface area contributed by atoms with Crippen LogP contribution in [0.25, 0.3) is 11.4 Å². The van der Waals surface area contributed by atoms with Gasteiger partial charge in [-0.3, -0.25) is 0 Å². The Hall–Kier alpha value is -1.63. The monoisotopic (exact) mass is 401 g/mol. The number of ether oxygens (including phenoxy) is 2. The molecular formula is C22H31N3O2S. The lowest BCUT2D eigenvalue weighted by Gasteiger charge is -2.32. The second-order valence-electron chi connectivity index (χ2n) is 7.61. The highest BCUT2D eigenvalue weighted by atomic mass is 32.2. The predicted octanol–water partition coefficient (Wildman–Crippen LogP) is 4.44. The standard InChI is InChI=1S/C22H31N3O2S/c1-6-25(7-2)12-13-28-21-18-15-27-22(3,4)14-19(18)23-20(24-21)16-8-10-17(26-5)11-9-16/h8-11H,6-7,12-15H2,1-5H3. The Balaban J connectivity index is 1.90. The van der Waals surface area contributed by atoms with E-state index < -0.39 is 0 Å². The van der Waals surface area contributed by atoms with Crippen molar-refractivity contribution in [1.29, 1.82) is 0 Å². The molecular weight excluding hydrogens is 370 g/mol. The summed E-state index contributed by atoms with van der Waals surface area (Å²) in [5, 5.41) is 1.05. The number of methoxy groups -OCH3 is 1. The number of hydrogen-bond acceptors (Lipinski definition) is 6. The molecule has 0 unspecified atom stereocenters. The molecule has 0 N–H and O–H groups in total. The number of aromatic nitrogens is 2. The summed E-state index contributed by atoms with van der Waals surface area (Å²) in [6, 6.07) is 7.96. The summed E-state index contributed by atoms with van der Waals surface area (Å²) in [7, 11) is 1.68. The van der Waals surface area contributed by atoms with Crippen LogP contribution in [0.5, 0.6) is 5.75 Å². The highest BCUT2D eigenvalue weighted by Crippen LogP contribution is 2.34. The smallest absolute Gasteiger partial charge is 0.160 e. The molecule has 1 aromatic heterocycles. The summed E-state index contributed by atoms with van der Waals surface area (Å²) in [5.41, 5.74) is 3.09. The first kappa shape index (κ1) is 21.1. The zero-order chi connectivity index (χ0) is 20.1. The number of fused-ring (bicyclic) bond motifs is 1. The van der Waals surface area contributed by atoms with Gasteiger partial charge in [-0.05, 0) is 51.2 Å². The fourth-order valence-electron chi connectivity index (χ4n) is 3.32. The first-order valence-corrected chi connectivity index (χ1v) is 11.0. The van der Waals surface area contributed by atoms with Crippen molar-refractivity contribution < 1.29 is 9.47 Å². The zero-order valence-electron chi connectivity index (χ0n) is 17.6. The molecule has 0 amide bonds. The number of thioether (sulfide) groups is 1. The lowest BCUT2D eigenvalue weighted by atomic mass is 9.96. The molecule has 1 aliphatic rings. The van der Waals surface area contributed by atoms with Crippen LogP contribution in [0.4, 0.5) is 0 Å². The third-order valence-electron chi connectivity index (χ3n) is 5.14. The predicted molar refractivity (Wildman–Crippen MR) is 115 cm³/mol. The number of benzene rings is 1. The number of nitrogens with zero attached hydrogens (tertiary/aromatic N) is 3. The summed E-state index contributed by atoms with van der Waals surface area (Å²) in [4.78, 5) is 12.3. The van der Waals surface area contributed by atoms with Crippen molar-refractivity contribution in [2.45, 2.75) is 51.3 Å². The number of hydrogen-bond donors (Lipinski definition) is 0. The van der Waals surface area contributed by atoms with Crippen LogP contribution < -0.4 is 4.74 Å². The molecule has 0 radical (unpaired) electrons. The maximum atomic E-state index is 6.06. The molecule has 0 aliphatic carbocycles. The fourth-order valence-corrected chi connectivity index (χ4v) is 4.37. The van der Waals surface area contributed by atoms with Crippen molar-refractivity contribution in [2.75, 3.05) is 32.5 Å². The highest BCUT2D eigenvalue weighted by molar-refractivity contribution is 7.99. The quantitative estimate of drug-likeness (QED) is 0.481. The lowest BCUT2D eigenvalue weighted by molar-refractivity contribution is -0.0428. The summed E-state index contributed by atoms with van der Waals surface area (Å²) in [5.74, 6) is 2.63. The molecule has 6 heteroatoms. The van der Waals surface area contributed by atoms with Crippen molar-refractivity contribution in [2.24, 2.45) is 0 Å². The molecule has 0 bridgehead atoms. The van der Waals surface area contributed by atoms with E-state index in [-0.39, 0.29) is 5.60 Å². The largest absolute Gasteiger partial charge is 0.497 e. The van der Waals surface area contributed by atoms with Crippen LogP contribution in [0.2, 0.25) is 0 Å². The van der Waals surface area contributed by atoms with E-state index in [0.29, 0.717) is 6.61 Å². The van der Waals surface area contributed by atoms with Crippen molar-refractivity contribution >= 4 is 11.8 Å². The molecule has 0 saturated heterocycles. The maximum absolute atomic E-state index is 6.06. The van der Waals surface area contributed by atoms with Crippen LogP contribution in [0.15, 0.2) is 29.3 Å². The highest BCUT2D eigenvalue weighted by Gasteiger charge is 2.30. The van der Waals surface area contributed by atoms with Gasteiger partial charge in [-0.15, -0.1) is 11.8 Å². The van der Waals surface area contributed by atoms with Gasteiger partial charge in [0.25, 0.3) is 0 Å². The summed E-state index contributed by atoms with van der Waals surface area (Å²) in [6.07, 6.45) is 0.803. The Morgan fingerprint density at radius 1 is 1.14 bits per heavy atom. The Labute approximate surface area is 172 Å². The molecule has 0 spiro atoms. The van der Waals surface area contributed by atoms with E-state index in [1.165, 1.54) is 0 Å². The van der Waals surface area contributed by atoms with Crippen molar-refractivity contribution in [3.8, 4) is 17.1 Å². The van der Waals surface area contributed by atoms with Gasteiger partial charge in [0.2, 0.25) is 0 Å². The Bertz CT molecular complexity index is 789. The normalized spacial score (nSPS) is 15.5. The van der Waals surface area contributed by atoms with Crippen molar-refractivity contribution in [3.63, 3.8) is 0 Å².